The number of halogens is 3. The fourth-order valence-electron chi connectivity index (χ4n) is 3.07. The maximum atomic E-state index is 12.4. The lowest BCUT2D eigenvalue weighted by Crippen LogP contribution is -2.22. The largest absolute Gasteiger partial charge is 0.416 e. The predicted octanol–water partition coefficient (Wildman–Crippen LogP) is 8.23. The Labute approximate surface area is 192 Å². The normalized spacial score (nSPS) is 15.6. The Bertz CT molecular complexity index is 738. The molecule has 0 aliphatic heterocycles. The van der Waals surface area contributed by atoms with Gasteiger partial charge in [0.2, 0.25) is 0 Å². The number of aliphatic hydroxyl groups is 1. The molecule has 0 bridgehead atoms. The van der Waals surface area contributed by atoms with E-state index in [-0.39, 0.29) is 12.2 Å². The molecule has 2 rings (SSSR count). The topological polar surface area (TPSA) is 49.7 Å². The van der Waals surface area contributed by atoms with Gasteiger partial charge in [0.15, 0.2) is 0 Å². The maximum absolute atomic E-state index is 12.4. The number of aliphatic imine (C=N–C) groups is 1. The van der Waals surface area contributed by atoms with Gasteiger partial charge in [-0.05, 0) is 76.1 Å². The predicted molar refractivity (Wildman–Crippen MR) is 128 cm³/mol. The minimum atomic E-state index is -4.29. The van der Waals surface area contributed by atoms with Gasteiger partial charge in [-0.15, -0.1) is 0 Å². The van der Waals surface area contributed by atoms with Gasteiger partial charge in [0.1, 0.15) is 5.78 Å². The number of Topliss-reactive ketones (excluding diaryl/α,β-unsaturated/α-hetero) is 1. The number of carbonyl (C=O) groups excluding carboxylic acids is 1. The van der Waals surface area contributed by atoms with Crippen LogP contribution in [0.15, 0.2) is 23.2 Å². The Morgan fingerprint density at radius 1 is 1.16 bits per heavy atom. The van der Waals surface area contributed by atoms with Crippen molar-refractivity contribution in [3.8, 4) is 0 Å². The number of hydrogen-bond donors (Lipinski definition) is 1. The molecular weight excluding hydrogens is 415 g/mol. The molecule has 1 N–H and O–H groups in total. The minimum Gasteiger partial charge on any atom is -0.390 e. The average Bonchev–Trinajstić information content (AvgIpc) is 2.61. The van der Waals surface area contributed by atoms with Gasteiger partial charge in [-0.3, -0.25) is 9.79 Å². The first kappa shape index (κ1) is 30.3. The second kappa shape index (κ2) is 13.1. The molecule has 1 fully saturated rings. The summed E-state index contributed by atoms with van der Waals surface area (Å²) >= 11 is 0. The molecule has 0 atom stereocenters. The number of aryl methyl sites for hydroxylation is 1. The summed E-state index contributed by atoms with van der Waals surface area (Å²) in [6.45, 7) is 15.3. The van der Waals surface area contributed by atoms with E-state index in [4.69, 9.17) is 5.11 Å². The van der Waals surface area contributed by atoms with Crippen LogP contribution >= 0.6 is 0 Å². The van der Waals surface area contributed by atoms with Crippen molar-refractivity contribution in [1.29, 1.82) is 0 Å². The summed E-state index contributed by atoms with van der Waals surface area (Å²) in [6.07, 6.45) is 2.71. The molecule has 32 heavy (non-hydrogen) atoms. The number of rotatable bonds is 6. The zero-order valence-electron chi connectivity index (χ0n) is 21.1. The third kappa shape index (κ3) is 13.7. The molecule has 1 aromatic carbocycles. The lowest BCUT2D eigenvalue weighted by atomic mass is 9.72. The Hall–Kier alpha value is -1.69. The summed E-state index contributed by atoms with van der Waals surface area (Å²) < 4.78 is 37.3. The molecule has 3 nitrogen and oxygen atoms in total. The van der Waals surface area contributed by atoms with E-state index in [9.17, 15) is 18.0 Å². The summed E-state index contributed by atoms with van der Waals surface area (Å²) in [7, 11) is 0. The number of carbonyl (C=O) groups is 1. The first-order valence-electron chi connectivity index (χ1n) is 11.5. The monoisotopic (exact) mass is 457 g/mol. The third-order valence-corrected chi connectivity index (χ3v) is 5.18. The minimum absolute atomic E-state index is 0.113. The highest BCUT2D eigenvalue weighted by atomic mass is 19.4. The van der Waals surface area contributed by atoms with Crippen LogP contribution < -0.4 is 0 Å². The summed E-state index contributed by atoms with van der Waals surface area (Å²) in [4.78, 5) is 15.0. The zero-order chi connectivity index (χ0) is 25.2. The maximum Gasteiger partial charge on any atom is 0.416 e. The van der Waals surface area contributed by atoms with Crippen LogP contribution in [0, 0.1) is 12.3 Å². The highest BCUT2D eigenvalue weighted by molar-refractivity contribution is 5.84. The molecule has 0 aromatic heterocycles. The molecule has 1 aliphatic carbocycles. The molecule has 1 aromatic rings. The van der Waals surface area contributed by atoms with Crippen LogP contribution in [-0.4, -0.2) is 22.2 Å². The van der Waals surface area contributed by atoms with Gasteiger partial charge < -0.3 is 5.11 Å². The zero-order valence-corrected chi connectivity index (χ0v) is 21.1. The van der Waals surface area contributed by atoms with Gasteiger partial charge >= 0.3 is 6.18 Å². The molecule has 1 aliphatic rings. The number of ketones is 1. The Morgan fingerprint density at radius 3 is 1.97 bits per heavy atom. The van der Waals surface area contributed by atoms with Crippen molar-refractivity contribution in [2.45, 2.75) is 112 Å². The summed E-state index contributed by atoms with van der Waals surface area (Å²) in [5.74, 6) is 0.113. The van der Waals surface area contributed by atoms with Gasteiger partial charge in [-0.1, -0.05) is 40.5 Å². The standard InChI is InChI=1S/C13H16F3N.C7H14O2.C6H12/c1-4-5-10(3)17-12-7-6-11(8-9(12)2)13(14,15)16;1-4-6(8)5-7(2,3)9;1-6(2)4-3-5-6/h6-8H,4-5H2,1-3H3;9H,4-5H2,1-3H3;3-5H2,1-2H3. The Kier molecular flexibility index (Phi) is 12.4. The van der Waals surface area contributed by atoms with E-state index < -0.39 is 17.3 Å². The first-order valence-corrected chi connectivity index (χ1v) is 11.5. The van der Waals surface area contributed by atoms with E-state index in [1.54, 1.807) is 27.7 Å². The molecule has 0 saturated heterocycles. The third-order valence-electron chi connectivity index (χ3n) is 5.18. The van der Waals surface area contributed by atoms with Gasteiger partial charge in [0.25, 0.3) is 0 Å². The van der Waals surface area contributed by atoms with Crippen LogP contribution in [0.5, 0.6) is 0 Å². The van der Waals surface area contributed by atoms with E-state index in [1.807, 2.05) is 13.8 Å². The van der Waals surface area contributed by atoms with Crippen molar-refractivity contribution in [1.82, 2.24) is 0 Å². The average molecular weight is 458 g/mol. The van der Waals surface area contributed by atoms with Crippen molar-refractivity contribution in [2.24, 2.45) is 10.4 Å². The summed E-state index contributed by atoms with van der Waals surface area (Å²) in [5.41, 5.74) is 1.38. The van der Waals surface area contributed by atoms with E-state index in [0.29, 0.717) is 17.7 Å². The van der Waals surface area contributed by atoms with Crippen molar-refractivity contribution < 1.29 is 23.1 Å². The molecule has 0 spiro atoms. The van der Waals surface area contributed by atoms with E-state index in [0.717, 1.165) is 36.1 Å². The van der Waals surface area contributed by atoms with Gasteiger partial charge in [-0.25, -0.2) is 0 Å². The van der Waals surface area contributed by atoms with Crippen LogP contribution in [0.1, 0.15) is 105 Å². The Balaban J connectivity index is 0.000000531. The molecule has 1 saturated carbocycles. The van der Waals surface area contributed by atoms with E-state index in [2.05, 4.69) is 18.8 Å². The number of nitrogens with zero attached hydrogens (tertiary/aromatic N) is 1. The lowest BCUT2D eigenvalue weighted by molar-refractivity contribution is -0.137. The molecule has 0 amide bonds. The molecule has 6 heteroatoms. The number of benzene rings is 1. The summed E-state index contributed by atoms with van der Waals surface area (Å²) in [6, 6.07) is 3.64. The highest BCUT2D eigenvalue weighted by Crippen LogP contribution is 2.39. The van der Waals surface area contributed by atoms with Crippen LogP contribution in [0.2, 0.25) is 0 Å². The second-order valence-electron chi connectivity index (χ2n) is 10.00. The second-order valence-corrected chi connectivity index (χ2v) is 10.00. The molecule has 0 radical (unpaired) electrons. The highest BCUT2D eigenvalue weighted by Gasteiger charge is 2.30. The smallest absolute Gasteiger partial charge is 0.390 e. The fraction of sp³-hybridized carbons (Fsp3) is 0.692. The van der Waals surface area contributed by atoms with Crippen LogP contribution in [0.4, 0.5) is 18.9 Å². The summed E-state index contributed by atoms with van der Waals surface area (Å²) in [5, 5.41) is 9.10. The first-order chi connectivity index (χ1) is 14.5. The van der Waals surface area contributed by atoms with Gasteiger partial charge in [-0.2, -0.15) is 13.2 Å². The molecule has 184 valence electrons. The van der Waals surface area contributed by atoms with Gasteiger partial charge in [0, 0.05) is 18.6 Å². The molecule has 0 unspecified atom stereocenters. The van der Waals surface area contributed by atoms with Crippen LogP contribution in [-0.2, 0) is 11.0 Å². The number of hydrogen-bond acceptors (Lipinski definition) is 3. The number of alkyl halides is 3. The fourth-order valence-corrected chi connectivity index (χ4v) is 3.07. The van der Waals surface area contributed by atoms with Crippen molar-refractivity contribution in [3.63, 3.8) is 0 Å². The van der Waals surface area contributed by atoms with Crippen molar-refractivity contribution in [3.05, 3.63) is 29.3 Å². The van der Waals surface area contributed by atoms with Crippen LogP contribution in [0.25, 0.3) is 0 Å². The van der Waals surface area contributed by atoms with Crippen molar-refractivity contribution in [2.75, 3.05) is 0 Å². The lowest BCUT2D eigenvalue weighted by Gasteiger charge is -2.33. The van der Waals surface area contributed by atoms with Crippen LogP contribution in [0.3, 0.4) is 0 Å². The van der Waals surface area contributed by atoms with E-state index >= 15 is 0 Å². The molecule has 0 heterocycles. The van der Waals surface area contributed by atoms with Crippen molar-refractivity contribution >= 4 is 17.2 Å². The Morgan fingerprint density at radius 2 is 1.69 bits per heavy atom. The van der Waals surface area contributed by atoms with Gasteiger partial charge in [0.05, 0.1) is 16.9 Å². The molecular formula is C26H42F3NO2. The van der Waals surface area contributed by atoms with E-state index in [1.165, 1.54) is 25.3 Å². The quantitative estimate of drug-likeness (QED) is 0.437. The SMILES string of the molecule is CC1(C)CCC1.CCC(=O)CC(C)(C)O.CCCC(C)=Nc1ccc(C(F)(F)F)cc1C.